The minimum absolute atomic E-state index is 0.620. The van der Waals surface area contributed by atoms with Gasteiger partial charge < -0.3 is 4.57 Å². The van der Waals surface area contributed by atoms with E-state index in [1.54, 1.807) is 0 Å². The topological polar surface area (TPSA) is 4.93 Å². The Labute approximate surface area is 66.4 Å². The van der Waals surface area contributed by atoms with Crippen LogP contribution in [-0.4, -0.2) is 10.8 Å². The van der Waals surface area contributed by atoms with Crippen LogP contribution in [-0.2, 0) is 0 Å². The second kappa shape index (κ2) is 3.71. The second-order valence-electron chi connectivity index (χ2n) is 2.23. The average molecular weight is 155 g/mol. The molecule has 56 valence electrons. The third-order valence-corrected chi connectivity index (χ3v) is 2.70. The van der Waals surface area contributed by atoms with Gasteiger partial charge in [-0.3, -0.25) is 0 Å². The molecule has 0 bridgehead atoms. The number of thioether (sulfide) groups is 1. The summed E-state index contributed by atoms with van der Waals surface area (Å²) in [6.07, 6.45) is 7.57. The van der Waals surface area contributed by atoms with Gasteiger partial charge in [-0.2, -0.15) is 0 Å². The van der Waals surface area contributed by atoms with Crippen molar-refractivity contribution in [1.82, 2.24) is 4.57 Å². The summed E-state index contributed by atoms with van der Waals surface area (Å²) >= 11 is 1.89. The average Bonchev–Trinajstić information content (AvgIpc) is 2.43. The first kappa shape index (κ1) is 7.73. The van der Waals surface area contributed by atoms with Crippen LogP contribution in [0.5, 0.6) is 0 Å². The first-order valence-electron chi connectivity index (χ1n) is 3.53. The highest BCUT2D eigenvalue weighted by Crippen LogP contribution is 2.22. The Balaban J connectivity index is 2.64. The number of aromatic nitrogens is 1. The predicted molar refractivity (Wildman–Crippen MR) is 47.3 cm³/mol. The molecule has 2 heteroatoms. The molecular formula is C8H13NS. The van der Waals surface area contributed by atoms with Crippen molar-refractivity contribution in [3.8, 4) is 0 Å². The molecule has 0 aliphatic carbocycles. The van der Waals surface area contributed by atoms with E-state index >= 15 is 0 Å². The molecule has 1 aromatic rings. The van der Waals surface area contributed by atoms with Crippen molar-refractivity contribution in [3.05, 3.63) is 24.5 Å². The fourth-order valence-corrected chi connectivity index (χ4v) is 1.76. The maximum Gasteiger partial charge on any atom is 0.0782 e. The predicted octanol–water partition coefficient (Wildman–Crippen LogP) is 2.76. The van der Waals surface area contributed by atoms with Crippen LogP contribution < -0.4 is 0 Å². The Morgan fingerprint density at radius 2 is 2.00 bits per heavy atom. The molecule has 1 atom stereocenters. The molecule has 1 heterocycles. The smallest absolute Gasteiger partial charge is 0.0782 e. The summed E-state index contributed by atoms with van der Waals surface area (Å²) in [7, 11) is 0. The molecule has 0 saturated carbocycles. The van der Waals surface area contributed by atoms with Crippen LogP contribution in [0.4, 0.5) is 0 Å². The molecule has 0 fully saturated rings. The van der Waals surface area contributed by atoms with Crippen molar-refractivity contribution in [2.75, 3.05) is 6.26 Å². The summed E-state index contributed by atoms with van der Waals surface area (Å²) in [4.78, 5) is 0. The molecule has 1 aromatic heterocycles. The van der Waals surface area contributed by atoms with Crippen LogP contribution >= 0.6 is 11.8 Å². The van der Waals surface area contributed by atoms with Crippen LogP contribution in [0, 0.1) is 0 Å². The summed E-state index contributed by atoms with van der Waals surface area (Å²) in [5, 5.41) is 0.620. The number of hydrogen-bond donors (Lipinski definition) is 0. The molecule has 0 saturated heterocycles. The van der Waals surface area contributed by atoms with E-state index in [1.807, 2.05) is 11.8 Å². The van der Waals surface area contributed by atoms with Gasteiger partial charge in [0.15, 0.2) is 0 Å². The van der Waals surface area contributed by atoms with E-state index in [1.165, 1.54) is 6.42 Å². The fourth-order valence-electron chi connectivity index (χ4n) is 1.04. The van der Waals surface area contributed by atoms with Gasteiger partial charge in [-0.15, -0.1) is 11.8 Å². The van der Waals surface area contributed by atoms with Crippen molar-refractivity contribution >= 4 is 11.8 Å². The van der Waals surface area contributed by atoms with Gasteiger partial charge in [0.1, 0.15) is 0 Å². The Morgan fingerprint density at radius 3 is 2.40 bits per heavy atom. The monoisotopic (exact) mass is 155 g/mol. The molecular weight excluding hydrogens is 142 g/mol. The quantitative estimate of drug-likeness (QED) is 0.649. The maximum atomic E-state index is 2.24. The van der Waals surface area contributed by atoms with Gasteiger partial charge in [0.25, 0.3) is 0 Å². The van der Waals surface area contributed by atoms with E-state index in [-0.39, 0.29) is 0 Å². The zero-order valence-electron chi connectivity index (χ0n) is 6.45. The van der Waals surface area contributed by atoms with Crippen molar-refractivity contribution in [1.29, 1.82) is 0 Å². The van der Waals surface area contributed by atoms with Gasteiger partial charge in [-0.05, 0) is 24.8 Å². The minimum atomic E-state index is 0.620. The van der Waals surface area contributed by atoms with Crippen LogP contribution in [0.15, 0.2) is 24.5 Å². The van der Waals surface area contributed by atoms with Gasteiger partial charge in [0.2, 0.25) is 0 Å². The molecule has 0 amide bonds. The lowest BCUT2D eigenvalue weighted by Crippen LogP contribution is -1.99. The first-order valence-corrected chi connectivity index (χ1v) is 4.82. The van der Waals surface area contributed by atoms with Gasteiger partial charge >= 0.3 is 0 Å². The lowest BCUT2D eigenvalue weighted by Gasteiger charge is -2.12. The first-order chi connectivity index (χ1) is 4.88. The standard InChI is InChI=1S/C8H13NS/c1-3-8(10-2)9-6-4-5-7-9/h4-8H,3H2,1-2H3. The molecule has 0 N–H and O–H groups in total. The molecule has 1 rings (SSSR count). The maximum absolute atomic E-state index is 2.24. The number of rotatable bonds is 3. The molecule has 10 heavy (non-hydrogen) atoms. The summed E-state index contributed by atoms with van der Waals surface area (Å²) in [5.41, 5.74) is 0. The van der Waals surface area contributed by atoms with Gasteiger partial charge in [0, 0.05) is 12.4 Å². The molecule has 0 aromatic carbocycles. The lowest BCUT2D eigenvalue weighted by atomic mass is 10.5. The third kappa shape index (κ3) is 1.57. The van der Waals surface area contributed by atoms with E-state index in [2.05, 4.69) is 42.3 Å². The van der Waals surface area contributed by atoms with Gasteiger partial charge in [-0.25, -0.2) is 0 Å². The number of nitrogens with zero attached hydrogens (tertiary/aromatic N) is 1. The van der Waals surface area contributed by atoms with E-state index in [4.69, 9.17) is 0 Å². The van der Waals surface area contributed by atoms with Crippen LogP contribution in [0.25, 0.3) is 0 Å². The van der Waals surface area contributed by atoms with Crippen molar-refractivity contribution in [2.24, 2.45) is 0 Å². The summed E-state index contributed by atoms with van der Waals surface area (Å²) in [5.74, 6) is 0. The molecule has 0 radical (unpaired) electrons. The number of hydrogen-bond acceptors (Lipinski definition) is 1. The normalized spacial score (nSPS) is 13.4. The van der Waals surface area contributed by atoms with E-state index in [0.29, 0.717) is 5.37 Å². The van der Waals surface area contributed by atoms with E-state index in [9.17, 15) is 0 Å². The second-order valence-corrected chi connectivity index (χ2v) is 3.24. The van der Waals surface area contributed by atoms with E-state index in [0.717, 1.165) is 0 Å². The highest BCUT2D eigenvalue weighted by molar-refractivity contribution is 7.98. The largest absolute Gasteiger partial charge is 0.342 e. The molecule has 1 unspecified atom stereocenters. The Kier molecular flexibility index (Phi) is 2.87. The van der Waals surface area contributed by atoms with Crippen LogP contribution in [0.2, 0.25) is 0 Å². The van der Waals surface area contributed by atoms with Crippen LogP contribution in [0.1, 0.15) is 18.7 Å². The lowest BCUT2D eigenvalue weighted by molar-refractivity contribution is 0.663. The zero-order chi connectivity index (χ0) is 7.40. The third-order valence-electron chi connectivity index (χ3n) is 1.58. The SMILES string of the molecule is CCC(SC)n1cccc1. The van der Waals surface area contributed by atoms with Gasteiger partial charge in [0.05, 0.1) is 5.37 Å². The highest BCUT2D eigenvalue weighted by atomic mass is 32.2. The van der Waals surface area contributed by atoms with Crippen molar-refractivity contribution in [3.63, 3.8) is 0 Å². The minimum Gasteiger partial charge on any atom is -0.342 e. The molecule has 0 aliphatic heterocycles. The Hall–Kier alpha value is -0.370. The molecule has 1 nitrogen and oxygen atoms in total. The van der Waals surface area contributed by atoms with Crippen molar-refractivity contribution < 1.29 is 0 Å². The Bertz CT molecular complexity index is 165. The fraction of sp³-hybridized carbons (Fsp3) is 0.500. The molecule has 0 aliphatic rings. The van der Waals surface area contributed by atoms with Crippen molar-refractivity contribution in [2.45, 2.75) is 18.7 Å². The van der Waals surface area contributed by atoms with Crippen LogP contribution in [0.3, 0.4) is 0 Å². The van der Waals surface area contributed by atoms with E-state index < -0.39 is 0 Å². The summed E-state index contributed by atoms with van der Waals surface area (Å²) in [6, 6.07) is 4.14. The van der Waals surface area contributed by atoms with Gasteiger partial charge in [-0.1, -0.05) is 6.92 Å². The highest BCUT2D eigenvalue weighted by Gasteiger charge is 2.02. The summed E-state index contributed by atoms with van der Waals surface area (Å²) < 4.78 is 2.24. The molecule has 0 spiro atoms. The Morgan fingerprint density at radius 1 is 1.40 bits per heavy atom. The zero-order valence-corrected chi connectivity index (χ0v) is 7.27. The summed E-state index contributed by atoms with van der Waals surface area (Å²) in [6.45, 7) is 2.21.